The minimum atomic E-state index is 0.661. The lowest BCUT2D eigenvalue weighted by atomic mass is 10.0. The third kappa shape index (κ3) is 1.06. The van der Waals surface area contributed by atoms with Crippen LogP contribution in [-0.4, -0.2) is 25.8 Å². The molecule has 0 bridgehead atoms. The standard InChI is InChI=1S/C8H15NO/c1-9-5-4-6-2-3-7-8(6)10-7/h6-9H,2-5H2,1H3/t6-,7-,8+/m0/s1. The zero-order valence-electron chi connectivity index (χ0n) is 6.47. The van der Waals surface area contributed by atoms with E-state index in [1.54, 1.807) is 0 Å². The first-order chi connectivity index (χ1) is 4.92. The molecule has 58 valence electrons. The van der Waals surface area contributed by atoms with E-state index in [9.17, 15) is 0 Å². The maximum Gasteiger partial charge on any atom is 0.0870 e. The summed E-state index contributed by atoms with van der Waals surface area (Å²) in [6, 6.07) is 0. The van der Waals surface area contributed by atoms with Gasteiger partial charge in [0.25, 0.3) is 0 Å². The number of ether oxygens (including phenoxy) is 1. The molecule has 2 nitrogen and oxygen atoms in total. The summed E-state index contributed by atoms with van der Waals surface area (Å²) >= 11 is 0. The van der Waals surface area contributed by atoms with E-state index in [1.807, 2.05) is 7.05 Å². The van der Waals surface area contributed by atoms with E-state index in [0.29, 0.717) is 12.2 Å². The van der Waals surface area contributed by atoms with Crippen molar-refractivity contribution in [3.63, 3.8) is 0 Å². The molecule has 0 amide bonds. The summed E-state index contributed by atoms with van der Waals surface area (Å²) in [4.78, 5) is 0. The molecule has 2 heteroatoms. The Bertz CT molecular complexity index is 126. The zero-order valence-corrected chi connectivity index (χ0v) is 6.47. The van der Waals surface area contributed by atoms with Crippen LogP contribution in [0.15, 0.2) is 0 Å². The fraction of sp³-hybridized carbons (Fsp3) is 1.00. The second-order valence-corrected chi connectivity index (χ2v) is 3.37. The molecule has 2 rings (SSSR count). The molecule has 0 radical (unpaired) electrons. The van der Waals surface area contributed by atoms with E-state index < -0.39 is 0 Å². The third-order valence-corrected chi connectivity index (χ3v) is 2.67. The van der Waals surface area contributed by atoms with Gasteiger partial charge in [-0.2, -0.15) is 0 Å². The Morgan fingerprint density at radius 3 is 2.90 bits per heavy atom. The molecule has 1 N–H and O–H groups in total. The van der Waals surface area contributed by atoms with Gasteiger partial charge in [-0.25, -0.2) is 0 Å². The Hall–Kier alpha value is -0.0800. The van der Waals surface area contributed by atoms with Gasteiger partial charge in [0.2, 0.25) is 0 Å². The van der Waals surface area contributed by atoms with Gasteiger partial charge in [0.1, 0.15) is 0 Å². The van der Waals surface area contributed by atoms with E-state index >= 15 is 0 Å². The molecular weight excluding hydrogens is 126 g/mol. The van der Waals surface area contributed by atoms with Gasteiger partial charge in [0.05, 0.1) is 12.2 Å². The van der Waals surface area contributed by atoms with Gasteiger partial charge in [0, 0.05) is 0 Å². The quantitative estimate of drug-likeness (QED) is 0.587. The van der Waals surface area contributed by atoms with Crippen LogP contribution < -0.4 is 5.32 Å². The largest absolute Gasteiger partial charge is 0.369 e. The summed E-state index contributed by atoms with van der Waals surface area (Å²) in [7, 11) is 2.01. The highest BCUT2D eigenvalue weighted by molar-refractivity contribution is 4.97. The summed E-state index contributed by atoms with van der Waals surface area (Å²) in [5.41, 5.74) is 0. The first kappa shape index (κ1) is 6.62. The number of hydrogen-bond acceptors (Lipinski definition) is 2. The highest BCUT2D eigenvalue weighted by atomic mass is 16.6. The smallest absolute Gasteiger partial charge is 0.0870 e. The number of epoxide rings is 1. The Kier molecular flexibility index (Phi) is 1.66. The van der Waals surface area contributed by atoms with Crippen molar-refractivity contribution in [3.05, 3.63) is 0 Å². The van der Waals surface area contributed by atoms with Crippen LogP contribution in [-0.2, 0) is 4.74 Å². The highest BCUT2D eigenvalue weighted by Gasteiger charge is 2.49. The van der Waals surface area contributed by atoms with Crippen LogP contribution in [0, 0.1) is 5.92 Å². The molecule has 0 aromatic rings. The Morgan fingerprint density at radius 1 is 1.50 bits per heavy atom. The fourth-order valence-corrected chi connectivity index (χ4v) is 1.98. The molecule has 3 atom stereocenters. The first-order valence-electron chi connectivity index (χ1n) is 4.22. The van der Waals surface area contributed by atoms with Gasteiger partial charge in [-0.15, -0.1) is 0 Å². The summed E-state index contributed by atoms with van der Waals surface area (Å²) in [6.45, 7) is 1.15. The minimum absolute atomic E-state index is 0.661. The van der Waals surface area contributed by atoms with Crippen molar-refractivity contribution < 1.29 is 4.74 Å². The summed E-state index contributed by atoms with van der Waals surface area (Å²) in [5.74, 6) is 0.873. The minimum Gasteiger partial charge on any atom is -0.369 e. The maximum absolute atomic E-state index is 5.43. The van der Waals surface area contributed by atoms with E-state index in [0.717, 1.165) is 12.5 Å². The molecule has 10 heavy (non-hydrogen) atoms. The van der Waals surface area contributed by atoms with Gasteiger partial charge >= 0.3 is 0 Å². The van der Waals surface area contributed by atoms with Gasteiger partial charge in [-0.1, -0.05) is 0 Å². The zero-order chi connectivity index (χ0) is 6.97. The molecule has 0 aromatic heterocycles. The topological polar surface area (TPSA) is 24.6 Å². The van der Waals surface area contributed by atoms with Crippen LogP contribution >= 0.6 is 0 Å². The monoisotopic (exact) mass is 141 g/mol. The summed E-state index contributed by atoms with van der Waals surface area (Å²) in [6.07, 6.45) is 5.35. The van der Waals surface area contributed by atoms with E-state index in [-0.39, 0.29) is 0 Å². The van der Waals surface area contributed by atoms with Crippen LogP contribution in [0.1, 0.15) is 19.3 Å². The predicted octanol–water partition coefficient (Wildman–Crippen LogP) is 0.773. The number of fused-ring (bicyclic) bond motifs is 1. The number of rotatable bonds is 3. The molecule has 0 aromatic carbocycles. The van der Waals surface area contributed by atoms with Crippen LogP contribution in [0.3, 0.4) is 0 Å². The Labute approximate surface area is 61.9 Å². The van der Waals surface area contributed by atoms with Crippen LogP contribution in [0.2, 0.25) is 0 Å². The lowest BCUT2D eigenvalue weighted by Crippen LogP contribution is -2.14. The molecule has 2 aliphatic rings. The van der Waals surface area contributed by atoms with Crippen molar-refractivity contribution in [2.75, 3.05) is 13.6 Å². The molecule has 0 unspecified atom stereocenters. The molecular formula is C8H15NO. The summed E-state index contributed by atoms with van der Waals surface area (Å²) < 4.78 is 5.43. The molecule has 2 fully saturated rings. The second kappa shape index (κ2) is 2.51. The average Bonchev–Trinajstić information content (AvgIpc) is 2.63. The Balaban J connectivity index is 1.72. The number of hydrogen-bond donors (Lipinski definition) is 1. The molecule has 1 aliphatic heterocycles. The van der Waals surface area contributed by atoms with E-state index in [1.165, 1.54) is 19.3 Å². The molecule has 0 spiro atoms. The van der Waals surface area contributed by atoms with Crippen LogP contribution in [0.5, 0.6) is 0 Å². The predicted molar refractivity (Wildman–Crippen MR) is 39.9 cm³/mol. The van der Waals surface area contributed by atoms with Crippen molar-refractivity contribution in [2.45, 2.75) is 31.5 Å². The molecule has 1 heterocycles. The van der Waals surface area contributed by atoms with Crippen molar-refractivity contribution in [2.24, 2.45) is 5.92 Å². The first-order valence-corrected chi connectivity index (χ1v) is 4.22. The van der Waals surface area contributed by atoms with Gasteiger partial charge < -0.3 is 10.1 Å². The van der Waals surface area contributed by atoms with Crippen LogP contribution in [0.25, 0.3) is 0 Å². The van der Waals surface area contributed by atoms with E-state index in [4.69, 9.17) is 4.74 Å². The number of nitrogens with one attached hydrogen (secondary N) is 1. The molecule has 1 aliphatic carbocycles. The van der Waals surface area contributed by atoms with Crippen molar-refractivity contribution in [3.8, 4) is 0 Å². The summed E-state index contributed by atoms with van der Waals surface area (Å²) in [5, 5.41) is 3.18. The molecule has 1 saturated carbocycles. The van der Waals surface area contributed by atoms with Gasteiger partial charge in [-0.05, 0) is 38.8 Å². The SMILES string of the molecule is CNCC[C@@H]1CC[C@@H]2O[C@H]12. The van der Waals surface area contributed by atoms with Gasteiger partial charge in [0.15, 0.2) is 0 Å². The fourth-order valence-electron chi connectivity index (χ4n) is 1.98. The average molecular weight is 141 g/mol. The second-order valence-electron chi connectivity index (χ2n) is 3.37. The third-order valence-electron chi connectivity index (χ3n) is 2.67. The maximum atomic E-state index is 5.43. The van der Waals surface area contributed by atoms with Crippen molar-refractivity contribution >= 4 is 0 Å². The lowest BCUT2D eigenvalue weighted by molar-refractivity contribution is 0.257. The Morgan fingerprint density at radius 2 is 2.40 bits per heavy atom. The van der Waals surface area contributed by atoms with Crippen molar-refractivity contribution in [1.82, 2.24) is 5.32 Å². The van der Waals surface area contributed by atoms with Crippen LogP contribution in [0.4, 0.5) is 0 Å². The highest BCUT2D eigenvalue weighted by Crippen LogP contribution is 2.44. The van der Waals surface area contributed by atoms with Gasteiger partial charge in [-0.3, -0.25) is 0 Å². The molecule has 1 saturated heterocycles. The van der Waals surface area contributed by atoms with E-state index in [2.05, 4.69) is 5.32 Å². The van der Waals surface area contributed by atoms with Crippen molar-refractivity contribution in [1.29, 1.82) is 0 Å². The normalized spacial score (nSPS) is 43.5. The lowest BCUT2D eigenvalue weighted by Gasteiger charge is -2.08.